The summed E-state index contributed by atoms with van der Waals surface area (Å²) in [5, 5.41) is 6.61. The number of ether oxygens (including phenoxy) is 1. The van der Waals surface area contributed by atoms with Crippen molar-refractivity contribution in [3.63, 3.8) is 0 Å². The lowest BCUT2D eigenvalue weighted by Gasteiger charge is -2.13. The molecule has 1 aromatic carbocycles. The number of hydrogen-bond acceptors (Lipinski definition) is 2. The Morgan fingerprint density at radius 2 is 2.00 bits per heavy atom. The lowest BCUT2D eigenvalue weighted by atomic mass is 10.1. The highest BCUT2D eigenvalue weighted by Crippen LogP contribution is 2.19. The first-order valence-corrected chi connectivity index (χ1v) is 7.40. The van der Waals surface area contributed by atoms with Gasteiger partial charge in [-0.15, -0.1) is 24.0 Å². The quantitative estimate of drug-likeness (QED) is 0.235. The van der Waals surface area contributed by atoms with Crippen LogP contribution in [0, 0.1) is 6.92 Å². The molecule has 0 spiro atoms. The van der Waals surface area contributed by atoms with Crippen molar-refractivity contribution in [2.24, 2.45) is 4.99 Å². The van der Waals surface area contributed by atoms with E-state index < -0.39 is 0 Å². The van der Waals surface area contributed by atoms with Crippen molar-refractivity contribution in [3.8, 4) is 5.75 Å². The Hall–Kier alpha value is -1.24. The van der Waals surface area contributed by atoms with E-state index in [2.05, 4.69) is 46.8 Å². The summed E-state index contributed by atoms with van der Waals surface area (Å²) in [5.74, 6) is 1.78. The molecule has 0 aromatic heterocycles. The Morgan fingerprint density at radius 3 is 2.64 bits per heavy atom. The fraction of sp³-hybridized carbons (Fsp3) is 0.471. The molecule has 0 bridgehead atoms. The number of allylic oxidation sites excluding steroid dienone is 1. The summed E-state index contributed by atoms with van der Waals surface area (Å²) >= 11 is 0. The molecular formula is C17H28IN3O. The summed E-state index contributed by atoms with van der Waals surface area (Å²) in [6, 6.07) is 6.26. The predicted octanol–water partition coefficient (Wildman–Crippen LogP) is 3.30. The molecule has 1 rings (SSSR count). The number of guanidine groups is 1. The normalized spacial score (nSPS) is 11.2. The van der Waals surface area contributed by atoms with Crippen molar-refractivity contribution in [1.29, 1.82) is 0 Å². The van der Waals surface area contributed by atoms with Gasteiger partial charge in [0.25, 0.3) is 0 Å². The molecule has 0 aliphatic rings. The fourth-order valence-corrected chi connectivity index (χ4v) is 2.08. The predicted molar refractivity (Wildman–Crippen MR) is 106 cm³/mol. The molecule has 2 N–H and O–H groups in total. The number of nitrogens with zero attached hydrogens (tertiary/aromatic N) is 1. The average molecular weight is 417 g/mol. The number of methoxy groups -OCH3 is 1. The van der Waals surface area contributed by atoms with Crippen LogP contribution in [0.5, 0.6) is 5.75 Å². The van der Waals surface area contributed by atoms with Crippen molar-refractivity contribution < 1.29 is 4.74 Å². The third-order valence-electron chi connectivity index (χ3n) is 3.19. The third kappa shape index (κ3) is 7.68. The van der Waals surface area contributed by atoms with Gasteiger partial charge in [0.05, 0.1) is 7.11 Å². The lowest BCUT2D eigenvalue weighted by Crippen LogP contribution is -2.38. The van der Waals surface area contributed by atoms with Gasteiger partial charge < -0.3 is 15.4 Å². The molecule has 0 atom stereocenters. The van der Waals surface area contributed by atoms with Crippen LogP contribution in [0.1, 0.15) is 24.5 Å². The van der Waals surface area contributed by atoms with Gasteiger partial charge >= 0.3 is 0 Å². The first kappa shape index (κ1) is 20.8. The number of rotatable bonds is 7. The van der Waals surface area contributed by atoms with Gasteiger partial charge in [-0.05, 0) is 38.3 Å². The Morgan fingerprint density at radius 1 is 1.27 bits per heavy atom. The number of aliphatic imine (C=N–C) groups is 1. The van der Waals surface area contributed by atoms with E-state index in [1.54, 1.807) is 14.2 Å². The molecule has 0 aliphatic carbocycles. The summed E-state index contributed by atoms with van der Waals surface area (Å²) in [6.07, 6.45) is 6.10. The van der Waals surface area contributed by atoms with Crippen LogP contribution >= 0.6 is 24.0 Å². The van der Waals surface area contributed by atoms with Crippen LogP contribution in [0.3, 0.4) is 0 Å². The summed E-state index contributed by atoms with van der Waals surface area (Å²) in [5.41, 5.74) is 2.47. The summed E-state index contributed by atoms with van der Waals surface area (Å²) in [7, 11) is 3.50. The molecule has 0 heterocycles. The molecule has 0 unspecified atom stereocenters. The number of nitrogens with one attached hydrogen (secondary N) is 2. The summed E-state index contributed by atoms with van der Waals surface area (Å²) in [6.45, 7) is 5.83. The topological polar surface area (TPSA) is 45.7 Å². The van der Waals surface area contributed by atoms with E-state index in [4.69, 9.17) is 4.74 Å². The molecule has 5 heteroatoms. The molecule has 4 nitrogen and oxygen atoms in total. The first-order chi connectivity index (χ1) is 10.2. The summed E-state index contributed by atoms with van der Waals surface area (Å²) < 4.78 is 5.39. The minimum atomic E-state index is 0. The van der Waals surface area contributed by atoms with E-state index in [0.29, 0.717) is 0 Å². The molecule has 22 heavy (non-hydrogen) atoms. The van der Waals surface area contributed by atoms with Crippen LogP contribution in [-0.2, 0) is 6.42 Å². The van der Waals surface area contributed by atoms with Crippen molar-refractivity contribution in [2.75, 3.05) is 27.2 Å². The number of halogens is 1. The van der Waals surface area contributed by atoms with Crippen molar-refractivity contribution in [3.05, 3.63) is 41.5 Å². The second kappa shape index (κ2) is 12.3. The van der Waals surface area contributed by atoms with Gasteiger partial charge in [0, 0.05) is 20.1 Å². The smallest absolute Gasteiger partial charge is 0.190 e. The zero-order valence-electron chi connectivity index (χ0n) is 14.0. The van der Waals surface area contributed by atoms with Gasteiger partial charge in [-0.3, -0.25) is 4.99 Å². The van der Waals surface area contributed by atoms with Crippen LogP contribution in [0.15, 0.2) is 35.3 Å². The zero-order chi connectivity index (χ0) is 15.5. The van der Waals surface area contributed by atoms with E-state index in [1.807, 2.05) is 13.0 Å². The van der Waals surface area contributed by atoms with Gasteiger partial charge in [0.15, 0.2) is 5.96 Å². The largest absolute Gasteiger partial charge is 0.496 e. The van der Waals surface area contributed by atoms with Crippen molar-refractivity contribution >= 4 is 29.9 Å². The maximum atomic E-state index is 5.39. The van der Waals surface area contributed by atoms with E-state index in [1.165, 1.54) is 11.1 Å². The van der Waals surface area contributed by atoms with Crippen molar-refractivity contribution in [1.82, 2.24) is 10.6 Å². The Kier molecular flexibility index (Phi) is 11.6. The SMILES string of the molecule is CC=CCCNC(=NC)NCCc1cc(C)ccc1OC.I. The fourth-order valence-electron chi connectivity index (χ4n) is 2.08. The molecular weight excluding hydrogens is 389 g/mol. The molecule has 0 saturated carbocycles. The molecule has 0 fully saturated rings. The molecule has 1 aromatic rings. The number of aryl methyl sites for hydroxylation is 1. The molecule has 124 valence electrons. The van der Waals surface area contributed by atoms with Gasteiger partial charge in [0.2, 0.25) is 0 Å². The average Bonchev–Trinajstić information content (AvgIpc) is 2.50. The number of hydrogen-bond donors (Lipinski definition) is 2. The van der Waals surface area contributed by atoms with Gasteiger partial charge in [0.1, 0.15) is 5.75 Å². The van der Waals surface area contributed by atoms with E-state index >= 15 is 0 Å². The van der Waals surface area contributed by atoms with Crippen LogP contribution < -0.4 is 15.4 Å². The van der Waals surface area contributed by atoms with Gasteiger partial charge in [-0.25, -0.2) is 0 Å². The van der Waals surface area contributed by atoms with E-state index in [0.717, 1.165) is 37.6 Å². The maximum Gasteiger partial charge on any atom is 0.190 e. The summed E-state index contributed by atoms with van der Waals surface area (Å²) in [4.78, 5) is 4.22. The highest BCUT2D eigenvalue weighted by atomic mass is 127. The van der Waals surface area contributed by atoms with Gasteiger partial charge in [-0.2, -0.15) is 0 Å². The van der Waals surface area contributed by atoms with E-state index in [9.17, 15) is 0 Å². The van der Waals surface area contributed by atoms with Crippen LogP contribution in [0.4, 0.5) is 0 Å². The third-order valence-corrected chi connectivity index (χ3v) is 3.19. The molecule has 0 saturated heterocycles. The zero-order valence-corrected chi connectivity index (χ0v) is 16.3. The van der Waals surface area contributed by atoms with Gasteiger partial charge in [-0.1, -0.05) is 29.8 Å². The highest BCUT2D eigenvalue weighted by molar-refractivity contribution is 14.0. The standard InChI is InChI=1S/C17H27N3O.HI/c1-5-6-7-11-19-17(18-3)20-12-10-15-13-14(2)8-9-16(15)21-4;/h5-6,8-9,13H,7,10-12H2,1-4H3,(H2,18,19,20);1H. The molecule has 0 aliphatic heterocycles. The second-order valence-electron chi connectivity index (χ2n) is 4.85. The second-order valence-corrected chi connectivity index (χ2v) is 4.85. The van der Waals surface area contributed by atoms with Crippen LogP contribution in [0.25, 0.3) is 0 Å². The first-order valence-electron chi connectivity index (χ1n) is 7.40. The monoisotopic (exact) mass is 417 g/mol. The van der Waals surface area contributed by atoms with E-state index in [-0.39, 0.29) is 24.0 Å². The van der Waals surface area contributed by atoms with Crippen molar-refractivity contribution in [2.45, 2.75) is 26.7 Å². The minimum Gasteiger partial charge on any atom is -0.496 e. The maximum absolute atomic E-state index is 5.39. The van der Waals surface area contributed by atoms with Crippen LogP contribution in [0.2, 0.25) is 0 Å². The molecule has 0 radical (unpaired) electrons. The Labute approximate surface area is 151 Å². The van der Waals surface area contributed by atoms with Crippen LogP contribution in [-0.4, -0.2) is 33.2 Å². The Bertz CT molecular complexity index is 487. The number of benzene rings is 1. The highest BCUT2D eigenvalue weighted by Gasteiger charge is 2.03. The minimum absolute atomic E-state index is 0. The Balaban J connectivity index is 0.00000441. The lowest BCUT2D eigenvalue weighted by molar-refractivity contribution is 0.409. The molecule has 0 amide bonds.